The topological polar surface area (TPSA) is 86.3 Å². The minimum absolute atomic E-state index is 0.106. The summed E-state index contributed by atoms with van der Waals surface area (Å²) in [6, 6.07) is 6.62. The molecule has 1 aliphatic rings. The Morgan fingerprint density at radius 1 is 1.48 bits per heavy atom. The molecule has 6 nitrogen and oxygen atoms in total. The summed E-state index contributed by atoms with van der Waals surface area (Å²) in [4.78, 5) is 32.4. The van der Waals surface area contributed by atoms with E-state index in [1.165, 1.54) is 0 Å². The highest BCUT2D eigenvalue weighted by Crippen LogP contribution is 2.25. The average molecular weight is 287 g/mol. The molecule has 21 heavy (non-hydrogen) atoms. The number of benzene rings is 1. The van der Waals surface area contributed by atoms with E-state index < -0.39 is 12.0 Å². The summed E-state index contributed by atoms with van der Waals surface area (Å²) >= 11 is 0. The summed E-state index contributed by atoms with van der Waals surface area (Å²) in [5.41, 5.74) is 0.449. The normalized spacial score (nSPS) is 22.7. The van der Waals surface area contributed by atoms with Crippen LogP contribution >= 0.6 is 0 Å². The van der Waals surface area contributed by atoms with Crippen molar-refractivity contribution in [3.63, 3.8) is 0 Å². The molecule has 110 valence electrons. The average Bonchev–Trinajstić information content (AvgIpc) is 2.80. The predicted molar refractivity (Wildman–Crippen MR) is 78.0 cm³/mol. The first-order valence-corrected chi connectivity index (χ1v) is 7.01. The first-order valence-electron chi connectivity index (χ1n) is 7.01. The first-order chi connectivity index (χ1) is 10.1. The highest BCUT2D eigenvalue weighted by atomic mass is 16.4. The molecule has 0 radical (unpaired) electrons. The summed E-state index contributed by atoms with van der Waals surface area (Å²) < 4.78 is 0. The highest BCUT2D eigenvalue weighted by Gasteiger charge is 2.36. The number of carbonyl (C=O) groups is 1. The number of H-pyrrole nitrogens is 1. The van der Waals surface area contributed by atoms with Crippen molar-refractivity contribution in [3.8, 4) is 0 Å². The number of aromatic nitrogens is 2. The minimum atomic E-state index is -0.817. The second kappa shape index (κ2) is 5.29. The summed E-state index contributed by atoms with van der Waals surface area (Å²) in [5, 5.41) is 9.87. The van der Waals surface area contributed by atoms with Crippen LogP contribution in [0.4, 0.5) is 0 Å². The lowest BCUT2D eigenvalue weighted by Crippen LogP contribution is -2.39. The largest absolute Gasteiger partial charge is 0.480 e. The van der Waals surface area contributed by atoms with Crippen LogP contribution < -0.4 is 5.56 Å². The lowest BCUT2D eigenvalue weighted by atomic mass is 10.0. The third kappa shape index (κ3) is 2.54. The molecule has 1 aromatic heterocycles. The SMILES string of the molecule is CC1CCN(Cc2nc3ccccc3c(=O)[nH]2)C1C(=O)O. The van der Waals surface area contributed by atoms with Crippen molar-refractivity contribution in [1.82, 2.24) is 14.9 Å². The van der Waals surface area contributed by atoms with Gasteiger partial charge in [-0.15, -0.1) is 0 Å². The van der Waals surface area contributed by atoms with Gasteiger partial charge in [-0.2, -0.15) is 0 Å². The van der Waals surface area contributed by atoms with Crippen LogP contribution in [0.1, 0.15) is 19.2 Å². The lowest BCUT2D eigenvalue weighted by molar-refractivity contribution is -0.143. The second-order valence-corrected chi connectivity index (χ2v) is 5.55. The molecule has 2 heterocycles. The Bertz CT molecular complexity index is 740. The monoisotopic (exact) mass is 287 g/mol. The van der Waals surface area contributed by atoms with Gasteiger partial charge in [-0.25, -0.2) is 4.98 Å². The zero-order chi connectivity index (χ0) is 15.0. The van der Waals surface area contributed by atoms with Gasteiger partial charge in [0.15, 0.2) is 0 Å². The van der Waals surface area contributed by atoms with Crippen molar-refractivity contribution >= 4 is 16.9 Å². The van der Waals surface area contributed by atoms with E-state index in [0.29, 0.717) is 29.8 Å². The van der Waals surface area contributed by atoms with E-state index in [2.05, 4.69) is 9.97 Å². The maximum atomic E-state index is 12.0. The zero-order valence-electron chi connectivity index (χ0n) is 11.7. The van der Waals surface area contributed by atoms with Crippen LogP contribution in [-0.2, 0) is 11.3 Å². The van der Waals surface area contributed by atoms with Crippen molar-refractivity contribution in [2.45, 2.75) is 25.9 Å². The van der Waals surface area contributed by atoms with Crippen LogP contribution in [0.15, 0.2) is 29.1 Å². The molecular formula is C15H17N3O3. The molecule has 2 aromatic rings. The van der Waals surface area contributed by atoms with Crippen LogP contribution in [0.3, 0.4) is 0 Å². The number of hydrogen-bond acceptors (Lipinski definition) is 4. The Morgan fingerprint density at radius 2 is 2.24 bits per heavy atom. The van der Waals surface area contributed by atoms with Gasteiger partial charge in [-0.05, 0) is 31.0 Å². The van der Waals surface area contributed by atoms with Gasteiger partial charge in [0, 0.05) is 0 Å². The zero-order valence-corrected chi connectivity index (χ0v) is 11.7. The van der Waals surface area contributed by atoms with Crippen LogP contribution in [0.25, 0.3) is 10.9 Å². The van der Waals surface area contributed by atoms with E-state index in [-0.39, 0.29) is 11.5 Å². The summed E-state index contributed by atoms with van der Waals surface area (Å²) in [7, 11) is 0. The number of aliphatic carboxylic acids is 1. The van der Waals surface area contributed by atoms with Crippen molar-refractivity contribution in [1.29, 1.82) is 0 Å². The fourth-order valence-electron chi connectivity index (χ4n) is 3.01. The van der Waals surface area contributed by atoms with Gasteiger partial charge in [0.25, 0.3) is 5.56 Å². The predicted octanol–water partition coefficient (Wildman–Crippen LogP) is 1.22. The van der Waals surface area contributed by atoms with Crippen molar-refractivity contribution < 1.29 is 9.90 Å². The van der Waals surface area contributed by atoms with Gasteiger partial charge in [0.2, 0.25) is 0 Å². The van der Waals surface area contributed by atoms with Crippen LogP contribution in [0.2, 0.25) is 0 Å². The number of nitrogens with zero attached hydrogens (tertiary/aromatic N) is 2. The number of aromatic amines is 1. The van der Waals surface area contributed by atoms with E-state index in [1.807, 2.05) is 17.9 Å². The smallest absolute Gasteiger partial charge is 0.321 e. The molecular weight excluding hydrogens is 270 g/mol. The van der Waals surface area contributed by atoms with E-state index in [1.54, 1.807) is 18.2 Å². The molecule has 6 heteroatoms. The lowest BCUT2D eigenvalue weighted by Gasteiger charge is -2.22. The van der Waals surface area contributed by atoms with E-state index >= 15 is 0 Å². The van der Waals surface area contributed by atoms with Gasteiger partial charge in [-0.1, -0.05) is 19.1 Å². The van der Waals surface area contributed by atoms with Crippen molar-refractivity contribution in [3.05, 3.63) is 40.4 Å². The number of para-hydroxylation sites is 1. The number of fused-ring (bicyclic) bond motifs is 1. The molecule has 0 aliphatic carbocycles. The molecule has 2 unspecified atom stereocenters. The maximum absolute atomic E-state index is 12.0. The molecule has 0 spiro atoms. The third-order valence-electron chi connectivity index (χ3n) is 4.07. The number of hydrogen-bond donors (Lipinski definition) is 2. The Hall–Kier alpha value is -2.21. The molecule has 2 atom stereocenters. The third-order valence-corrected chi connectivity index (χ3v) is 4.07. The molecule has 1 aliphatic heterocycles. The van der Waals surface area contributed by atoms with E-state index in [0.717, 1.165) is 6.42 Å². The fourth-order valence-corrected chi connectivity index (χ4v) is 3.01. The van der Waals surface area contributed by atoms with E-state index in [4.69, 9.17) is 0 Å². The summed E-state index contributed by atoms with van der Waals surface area (Å²) in [6.07, 6.45) is 0.842. The molecule has 2 N–H and O–H groups in total. The van der Waals surface area contributed by atoms with Gasteiger partial charge >= 0.3 is 5.97 Å². The van der Waals surface area contributed by atoms with Crippen molar-refractivity contribution in [2.24, 2.45) is 5.92 Å². The Labute approximate surface area is 121 Å². The molecule has 1 saturated heterocycles. The number of rotatable bonds is 3. The van der Waals surface area contributed by atoms with Gasteiger partial charge in [0.05, 0.1) is 17.4 Å². The first kappa shape index (κ1) is 13.8. The number of likely N-dealkylation sites (tertiary alicyclic amines) is 1. The number of carboxylic acids is 1. The quantitative estimate of drug-likeness (QED) is 0.886. The van der Waals surface area contributed by atoms with Crippen LogP contribution in [0.5, 0.6) is 0 Å². The molecule has 1 fully saturated rings. The molecule has 3 rings (SSSR count). The standard InChI is InChI=1S/C15H17N3O3/c1-9-6-7-18(13(9)15(20)21)8-12-16-11-5-3-2-4-10(11)14(19)17-12/h2-5,9,13H,6-8H2,1H3,(H,20,21)(H,16,17,19). The minimum Gasteiger partial charge on any atom is -0.480 e. The van der Waals surface area contributed by atoms with Gasteiger partial charge < -0.3 is 10.1 Å². The molecule has 0 bridgehead atoms. The fraction of sp³-hybridized carbons (Fsp3) is 0.400. The highest BCUT2D eigenvalue weighted by molar-refractivity contribution is 5.77. The second-order valence-electron chi connectivity index (χ2n) is 5.55. The van der Waals surface area contributed by atoms with Crippen LogP contribution in [0, 0.1) is 5.92 Å². The van der Waals surface area contributed by atoms with Crippen LogP contribution in [-0.4, -0.2) is 38.5 Å². The molecule has 0 saturated carbocycles. The van der Waals surface area contributed by atoms with E-state index in [9.17, 15) is 14.7 Å². The molecule has 0 amide bonds. The molecule has 1 aromatic carbocycles. The number of carboxylic acid groups (broad SMARTS) is 1. The van der Waals surface area contributed by atoms with Crippen molar-refractivity contribution in [2.75, 3.05) is 6.54 Å². The summed E-state index contributed by atoms with van der Waals surface area (Å²) in [5.74, 6) is -0.197. The van der Waals surface area contributed by atoms with Gasteiger partial charge in [0.1, 0.15) is 11.9 Å². The van der Waals surface area contributed by atoms with Gasteiger partial charge in [-0.3, -0.25) is 14.5 Å². The number of nitrogens with one attached hydrogen (secondary N) is 1. The maximum Gasteiger partial charge on any atom is 0.321 e. The Balaban J connectivity index is 1.92. The Morgan fingerprint density at radius 3 is 3.00 bits per heavy atom. The Kier molecular flexibility index (Phi) is 3.47. The summed E-state index contributed by atoms with van der Waals surface area (Å²) in [6.45, 7) is 2.99.